The number of sulfonamides is 1. The molecule has 1 atom stereocenters. The Labute approximate surface area is 120 Å². The van der Waals surface area contributed by atoms with Gasteiger partial charge in [0.1, 0.15) is 0 Å². The Morgan fingerprint density at radius 2 is 1.90 bits per heavy atom. The van der Waals surface area contributed by atoms with Crippen LogP contribution in [0.5, 0.6) is 0 Å². The highest BCUT2D eigenvalue weighted by Crippen LogP contribution is 2.17. The number of carboxylic acids is 1. The predicted octanol–water partition coefficient (Wildman–Crippen LogP) is 2.19. The van der Waals surface area contributed by atoms with Crippen molar-refractivity contribution in [3.05, 3.63) is 35.4 Å². The highest BCUT2D eigenvalue weighted by atomic mass is 32.2. The van der Waals surface area contributed by atoms with Gasteiger partial charge in [-0.25, -0.2) is 17.5 Å². The first-order valence-corrected chi connectivity index (χ1v) is 8.04. The Balaban J connectivity index is 2.96. The number of hydrogen-bond acceptors (Lipinski definition) is 3. The monoisotopic (exact) mass is 299 g/mol. The van der Waals surface area contributed by atoms with Gasteiger partial charge in [-0.05, 0) is 30.5 Å². The minimum absolute atomic E-state index is 0.0947. The summed E-state index contributed by atoms with van der Waals surface area (Å²) >= 11 is 0. The summed E-state index contributed by atoms with van der Waals surface area (Å²) in [5.41, 5.74) is 0.574. The van der Waals surface area contributed by atoms with Gasteiger partial charge in [-0.15, -0.1) is 0 Å². The van der Waals surface area contributed by atoms with Crippen LogP contribution in [0, 0.1) is 5.92 Å². The molecule has 0 spiro atoms. The molecular formula is C14H21NO4S. The smallest absolute Gasteiger partial charge is 0.335 e. The van der Waals surface area contributed by atoms with Gasteiger partial charge in [0.05, 0.1) is 11.3 Å². The number of nitrogens with zero attached hydrogens (tertiary/aromatic N) is 1. The molecule has 1 aromatic carbocycles. The molecule has 0 aliphatic rings. The van der Waals surface area contributed by atoms with Crippen LogP contribution in [0.25, 0.3) is 0 Å². The zero-order chi connectivity index (χ0) is 15.5. The Hall–Kier alpha value is -1.40. The van der Waals surface area contributed by atoms with Crippen molar-refractivity contribution in [3.63, 3.8) is 0 Å². The van der Waals surface area contributed by atoms with Crippen LogP contribution in [0.1, 0.15) is 36.7 Å². The second kappa shape index (κ2) is 6.37. The third-order valence-corrected chi connectivity index (χ3v) is 5.41. The zero-order valence-electron chi connectivity index (χ0n) is 12.2. The lowest BCUT2D eigenvalue weighted by Crippen LogP contribution is -2.38. The molecule has 0 radical (unpaired) electrons. The molecule has 6 heteroatoms. The quantitative estimate of drug-likeness (QED) is 0.873. The Bertz CT molecular complexity index is 581. The second-order valence-electron chi connectivity index (χ2n) is 5.26. The maximum atomic E-state index is 12.3. The molecule has 0 heterocycles. The van der Waals surface area contributed by atoms with E-state index in [-0.39, 0.29) is 23.3 Å². The first-order valence-electron chi connectivity index (χ1n) is 6.43. The van der Waals surface area contributed by atoms with Crippen molar-refractivity contribution in [2.24, 2.45) is 5.92 Å². The van der Waals surface area contributed by atoms with E-state index in [9.17, 15) is 13.2 Å². The average molecular weight is 299 g/mol. The fraction of sp³-hybridized carbons (Fsp3) is 0.500. The van der Waals surface area contributed by atoms with Crippen molar-refractivity contribution in [1.29, 1.82) is 0 Å². The third-order valence-electron chi connectivity index (χ3n) is 3.50. The van der Waals surface area contributed by atoms with Crippen LogP contribution in [0.15, 0.2) is 24.3 Å². The van der Waals surface area contributed by atoms with Gasteiger partial charge in [-0.2, -0.15) is 0 Å². The van der Waals surface area contributed by atoms with Gasteiger partial charge in [0.25, 0.3) is 0 Å². The number of carbonyl (C=O) groups is 1. The number of rotatable bonds is 6. The summed E-state index contributed by atoms with van der Waals surface area (Å²) in [6.45, 7) is 5.78. The van der Waals surface area contributed by atoms with Crippen LogP contribution < -0.4 is 0 Å². The van der Waals surface area contributed by atoms with Crippen LogP contribution in [-0.2, 0) is 15.8 Å². The van der Waals surface area contributed by atoms with Gasteiger partial charge in [-0.1, -0.05) is 26.0 Å². The van der Waals surface area contributed by atoms with Crippen LogP contribution >= 0.6 is 0 Å². The lowest BCUT2D eigenvalue weighted by Gasteiger charge is -2.27. The maximum Gasteiger partial charge on any atom is 0.335 e. The number of hydrogen-bond donors (Lipinski definition) is 1. The van der Waals surface area contributed by atoms with Gasteiger partial charge < -0.3 is 5.11 Å². The number of benzene rings is 1. The molecule has 0 amide bonds. The minimum Gasteiger partial charge on any atom is -0.478 e. The fourth-order valence-corrected chi connectivity index (χ4v) is 3.33. The Kier molecular flexibility index (Phi) is 5.30. The SMILES string of the molecule is CC(C)C(C)N(C)S(=O)(=O)Cc1cccc(C(=O)O)c1. The third kappa shape index (κ3) is 4.05. The van der Waals surface area contributed by atoms with E-state index in [1.807, 2.05) is 20.8 Å². The van der Waals surface area contributed by atoms with E-state index >= 15 is 0 Å². The van der Waals surface area contributed by atoms with Gasteiger partial charge in [0.15, 0.2) is 0 Å². The van der Waals surface area contributed by atoms with E-state index in [2.05, 4.69) is 0 Å². The summed E-state index contributed by atoms with van der Waals surface area (Å²) in [4.78, 5) is 10.9. The van der Waals surface area contributed by atoms with Crippen LogP contribution in [0.3, 0.4) is 0 Å². The fourth-order valence-electron chi connectivity index (χ4n) is 1.78. The van der Waals surface area contributed by atoms with Gasteiger partial charge >= 0.3 is 5.97 Å². The van der Waals surface area contributed by atoms with Crippen LogP contribution in [0.4, 0.5) is 0 Å². The largest absolute Gasteiger partial charge is 0.478 e. The molecule has 0 bridgehead atoms. The average Bonchev–Trinajstić information content (AvgIpc) is 2.36. The van der Waals surface area contributed by atoms with E-state index in [0.717, 1.165) is 0 Å². The predicted molar refractivity (Wildman–Crippen MR) is 78.1 cm³/mol. The van der Waals surface area contributed by atoms with Crippen molar-refractivity contribution in [2.75, 3.05) is 7.05 Å². The van der Waals surface area contributed by atoms with Crippen molar-refractivity contribution in [1.82, 2.24) is 4.31 Å². The summed E-state index contributed by atoms with van der Waals surface area (Å²) in [6.07, 6.45) is 0. The summed E-state index contributed by atoms with van der Waals surface area (Å²) in [5, 5.41) is 8.92. The molecule has 0 saturated heterocycles. The van der Waals surface area contributed by atoms with Crippen molar-refractivity contribution in [3.8, 4) is 0 Å². The van der Waals surface area contributed by atoms with E-state index in [1.54, 1.807) is 19.2 Å². The molecule has 1 aromatic rings. The molecule has 112 valence electrons. The summed E-state index contributed by atoms with van der Waals surface area (Å²) in [7, 11) is -1.90. The highest BCUT2D eigenvalue weighted by Gasteiger charge is 2.25. The molecule has 1 rings (SSSR count). The lowest BCUT2D eigenvalue weighted by molar-refractivity contribution is 0.0696. The molecule has 0 saturated carbocycles. The maximum absolute atomic E-state index is 12.3. The summed E-state index contributed by atoms with van der Waals surface area (Å²) in [6, 6.07) is 5.91. The lowest BCUT2D eigenvalue weighted by atomic mass is 10.1. The normalized spacial score (nSPS) is 13.7. The van der Waals surface area contributed by atoms with E-state index in [0.29, 0.717) is 5.56 Å². The van der Waals surface area contributed by atoms with E-state index in [1.165, 1.54) is 16.4 Å². The molecule has 0 aromatic heterocycles. The molecule has 20 heavy (non-hydrogen) atoms. The Morgan fingerprint density at radius 3 is 2.40 bits per heavy atom. The van der Waals surface area contributed by atoms with Crippen molar-refractivity contribution >= 4 is 16.0 Å². The first-order chi connectivity index (χ1) is 9.15. The molecule has 1 N–H and O–H groups in total. The molecular weight excluding hydrogens is 278 g/mol. The van der Waals surface area contributed by atoms with Gasteiger partial charge in [0, 0.05) is 13.1 Å². The van der Waals surface area contributed by atoms with Crippen molar-refractivity contribution in [2.45, 2.75) is 32.6 Å². The topological polar surface area (TPSA) is 74.7 Å². The summed E-state index contributed by atoms with van der Waals surface area (Å²) in [5.74, 6) is -1.05. The van der Waals surface area contributed by atoms with Gasteiger partial charge in [-0.3, -0.25) is 0 Å². The first kappa shape index (κ1) is 16.7. The van der Waals surface area contributed by atoms with E-state index in [4.69, 9.17) is 5.11 Å². The van der Waals surface area contributed by atoms with E-state index < -0.39 is 16.0 Å². The van der Waals surface area contributed by atoms with Crippen molar-refractivity contribution < 1.29 is 18.3 Å². The molecule has 1 unspecified atom stereocenters. The summed E-state index contributed by atoms with van der Waals surface area (Å²) < 4.78 is 26.0. The zero-order valence-corrected chi connectivity index (χ0v) is 13.0. The number of aromatic carboxylic acids is 1. The standard InChI is InChI=1S/C14H21NO4S/c1-10(2)11(3)15(4)20(18,19)9-12-6-5-7-13(8-12)14(16)17/h5-8,10-11H,9H2,1-4H3,(H,16,17). The molecule has 0 aliphatic heterocycles. The highest BCUT2D eigenvalue weighted by molar-refractivity contribution is 7.88. The Morgan fingerprint density at radius 1 is 1.30 bits per heavy atom. The molecule has 0 aliphatic carbocycles. The molecule has 0 fully saturated rings. The van der Waals surface area contributed by atoms with Gasteiger partial charge in [0.2, 0.25) is 10.0 Å². The molecule has 5 nitrogen and oxygen atoms in total. The second-order valence-corrected chi connectivity index (χ2v) is 7.29. The minimum atomic E-state index is -3.46. The number of carboxylic acid groups (broad SMARTS) is 1. The van der Waals surface area contributed by atoms with Crippen LogP contribution in [0.2, 0.25) is 0 Å². The van der Waals surface area contributed by atoms with Crippen LogP contribution in [-0.4, -0.2) is 36.9 Å².